The minimum absolute atomic E-state index is 0.205. The van der Waals surface area contributed by atoms with Gasteiger partial charge in [0.15, 0.2) is 11.5 Å². The maximum Gasteiger partial charge on any atom is 0.267 e. The lowest BCUT2D eigenvalue weighted by Gasteiger charge is -2.21. The van der Waals surface area contributed by atoms with Crippen LogP contribution in [0.5, 0.6) is 11.5 Å². The molecule has 1 amide bonds. The molecular weight excluding hydrogens is 470 g/mol. The monoisotopic (exact) mass is 501 g/mol. The number of rotatable bonds is 12. The molecule has 182 valence electrons. The fourth-order valence-corrected chi connectivity index (χ4v) is 4.72. The van der Waals surface area contributed by atoms with Crippen molar-refractivity contribution in [2.75, 3.05) is 38.7 Å². The van der Waals surface area contributed by atoms with E-state index in [1.54, 1.807) is 25.3 Å². The van der Waals surface area contributed by atoms with Gasteiger partial charge < -0.3 is 14.8 Å². The van der Waals surface area contributed by atoms with E-state index in [4.69, 9.17) is 21.1 Å². The topological polar surface area (TPSA) is 63.7 Å². The third kappa shape index (κ3) is 6.95. The minimum Gasteiger partial charge on any atom is -0.493 e. The average Bonchev–Trinajstić information content (AvgIpc) is 3.21. The Hall–Kier alpha value is -2.61. The maximum absolute atomic E-state index is 13.0. The highest BCUT2D eigenvalue weighted by molar-refractivity contribution is 7.17. The molecule has 1 aromatic heterocycles. The summed E-state index contributed by atoms with van der Waals surface area (Å²) in [6.45, 7) is 9.70. The summed E-state index contributed by atoms with van der Waals surface area (Å²) in [5, 5.41) is 4.41. The van der Waals surface area contributed by atoms with Crippen molar-refractivity contribution in [3.8, 4) is 22.1 Å². The predicted octanol–water partition coefficient (Wildman–Crippen LogP) is 6.53. The number of aryl methyl sites for hydroxylation is 1. The average molecular weight is 502 g/mol. The molecule has 0 saturated heterocycles. The zero-order chi connectivity index (χ0) is 24.5. The second-order valence-electron chi connectivity index (χ2n) is 7.95. The van der Waals surface area contributed by atoms with Gasteiger partial charge in [-0.2, -0.15) is 0 Å². The van der Waals surface area contributed by atoms with Gasteiger partial charge in [0.1, 0.15) is 16.5 Å². The van der Waals surface area contributed by atoms with Crippen LogP contribution >= 0.6 is 22.9 Å². The van der Waals surface area contributed by atoms with Gasteiger partial charge in [0.25, 0.3) is 5.91 Å². The molecule has 6 nitrogen and oxygen atoms in total. The Bertz CT molecular complexity index is 1080. The fraction of sp³-hybridized carbons (Fsp3) is 0.385. The van der Waals surface area contributed by atoms with E-state index in [1.165, 1.54) is 11.3 Å². The maximum atomic E-state index is 13.0. The summed E-state index contributed by atoms with van der Waals surface area (Å²) in [6, 6.07) is 12.8. The van der Waals surface area contributed by atoms with Crippen LogP contribution in [0.2, 0.25) is 5.02 Å². The Morgan fingerprint density at radius 1 is 1.06 bits per heavy atom. The number of carbonyl (C=O) groups excluding carboxylic acids is 1. The summed E-state index contributed by atoms with van der Waals surface area (Å²) in [7, 11) is 1.61. The van der Waals surface area contributed by atoms with Crippen molar-refractivity contribution < 1.29 is 14.3 Å². The van der Waals surface area contributed by atoms with E-state index in [9.17, 15) is 4.79 Å². The summed E-state index contributed by atoms with van der Waals surface area (Å²) in [6.07, 6.45) is 2.23. The molecule has 0 aliphatic heterocycles. The molecule has 3 aromatic rings. The van der Waals surface area contributed by atoms with Crippen LogP contribution in [-0.4, -0.2) is 49.1 Å². The van der Waals surface area contributed by atoms with E-state index < -0.39 is 0 Å². The quantitative estimate of drug-likeness (QED) is 0.305. The Kier molecular flexibility index (Phi) is 9.74. The van der Waals surface area contributed by atoms with Gasteiger partial charge >= 0.3 is 0 Å². The van der Waals surface area contributed by atoms with E-state index in [0.717, 1.165) is 43.0 Å². The molecule has 0 unspecified atom stereocenters. The molecule has 1 heterocycles. The number of benzene rings is 2. The molecule has 0 atom stereocenters. The lowest BCUT2D eigenvalue weighted by Crippen LogP contribution is -2.30. The second kappa shape index (κ2) is 12.7. The molecule has 0 spiro atoms. The molecule has 8 heteroatoms. The largest absolute Gasteiger partial charge is 0.493 e. The van der Waals surface area contributed by atoms with Gasteiger partial charge in [-0.25, -0.2) is 4.98 Å². The van der Waals surface area contributed by atoms with E-state index in [2.05, 4.69) is 29.0 Å². The standard InChI is InChI=1S/C26H32ClN3O3S/c1-5-13-30(14-6-2)15-16-33-23-17-21(11-12-22(23)32-4)29-25(31)24-18(3)28-26(34-24)19-7-9-20(27)10-8-19/h7-12,17H,5-6,13-16H2,1-4H3,(H,29,31). The number of halogens is 1. The number of ether oxygens (including phenoxy) is 2. The van der Waals surface area contributed by atoms with E-state index >= 15 is 0 Å². The molecule has 0 aliphatic carbocycles. The van der Waals surface area contributed by atoms with Crippen molar-refractivity contribution in [1.29, 1.82) is 0 Å². The van der Waals surface area contributed by atoms with E-state index in [1.807, 2.05) is 31.2 Å². The van der Waals surface area contributed by atoms with Crippen molar-refractivity contribution in [2.45, 2.75) is 33.6 Å². The van der Waals surface area contributed by atoms with Gasteiger partial charge in [-0.3, -0.25) is 9.69 Å². The van der Waals surface area contributed by atoms with Gasteiger partial charge in [-0.1, -0.05) is 37.6 Å². The third-order valence-electron chi connectivity index (χ3n) is 5.26. The van der Waals surface area contributed by atoms with Crippen LogP contribution < -0.4 is 14.8 Å². The first-order chi connectivity index (χ1) is 16.4. The molecule has 0 radical (unpaired) electrons. The smallest absolute Gasteiger partial charge is 0.267 e. The van der Waals surface area contributed by atoms with Crippen LogP contribution in [0.4, 0.5) is 5.69 Å². The molecule has 0 bridgehead atoms. The fourth-order valence-electron chi connectivity index (χ4n) is 3.63. The van der Waals surface area contributed by atoms with Crippen molar-refractivity contribution >= 4 is 34.5 Å². The Morgan fingerprint density at radius 3 is 2.41 bits per heavy atom. The van der Waals surface area contributed by atoms with Crippen molar-refractivity contribution in [3.63, 3.8) is 0 Å². The SMILES string of the molecule is CCCN(CCC)CCOc1cc(NC(=O)c2sc(-c3ccc(Cl)cc3)nc2C)ccc1OC. The van der Waals surface area contributed by atoms with E-state index in [0.29, 0.717) is 39.4 Å². The molecule has 1 N–H and O–H groups in total. The number of thiazole rings is 1. The molecule has 2 aromatic carbocycles. The Balaban J connectivity index is 1.69. The van der Waals surface area contributed by atoms with Crippen molar-refractivity contribution in [1.82, 2.24) is 9.88 Å². The first-order valence-corrected chi connectivity index (χ1v) is 12.7. The van der Waals surface area contributed by atoms with Gasteiger partial charge in [-0.05, 0) is 57.1 Å². The third-order valence-corrected chi connectivity index (χ3v) is 6.72. The van der Waals surface area contributed by atoms with Crippen molar-refractivity contribution in [3.05, 3.63) is 58.1 Å². The normalized spacial score (nSPS) is 11.0. The summed E-state index contributed by atoms with van der Waals surface area (Å²) < 4.78 is 11.5. The zero-order valence-electron chi connectivity index (χ0n) is 20.2. The molecular formula is C26H32ClN3O3S. The molecule has 34 heavy (non-hydrogen) atoms. The number of nitrogens with zero attached hydrogens (tertiary/aromatic N) is 2. The van der Waals surface area contributed by atoms with Crippen LogP contribution in [0.3, 0.4) is 0 Å². The molecule has 0 fully saturated rings. The van der Waals surface area contributed by atoms with E-state index in [-0.39, 0.29) is 5.91 Å². The summed E-state index contributed by atoms with van der Waals surface area (Å²) >= 11 is 7.34. The van der Waals surface area contributed by atoms with Crippen molar-refractivity contribution in [2.24, 2.45) is 0 Å². The lowest BCUT2D eigenvalue weighted by molar-refractivity contribution is 0.103. The number of amides is 1. The highest BCUT2D eigenvalue weighted by atomic mass is 35.5. The van der Waals surface area contributed by atoms with Gasteiger partial charge in [0.2, 0.25) is 0 Å². The number of nitrogens with one attached hydrogen (secondary N) is 1. The number of anilines is 1. The summed E-state index contributed by atoms with van der Waals surface area (Å²) in [5.41, 5.74) is 2.25. The van der Waals surface area contributed by atoms with Crippen LogP contribution in [0.1, 0.15) is 42.1 Å². The lowest BCUT2D eigenvalue weighted by atomic mass is 10.2. The van der Waals surface area contributed by atoms with Gasteiger partial charge in [-0.15, -0.1) is 11.3 Å². The number of aromatic nitrogens is 1. The molecule has 0 aliphatic rings. The number of hydrogen-bond donors (Lipinski definition) is 1. The van der Waals surface area contributed by atoms with Crippen LogP contribution in [0, 0.1) is 6.92 Å². The number of methoxy groups -OCH3 is 1. The van der Waals surface area contributed by atoms with Crippen LogP contribution in [0.15, 0.2) is 42.5 Å². The predicted molar refractivity (Wildman–Crippen MR) is 141 cm³/mol. The number of hydrogen-bond acceptors (Lipinski definition) is 6. The molecule has 3 rings (SSSR count). The van der Waals surface area contributed by atoms with Gasteiger partial charge in [0, 0.05) is 28.9 Å². The zero-order valence-corrected chi connectivity index (χ0v) is 21.8. The highest BCUT2D eigenvalue weighted by Crippen LogP contribution is 2.32. The Labute approximate surface area is 210 Å². The summed E-state index contributed by atoms with van der Waals surface area (Å²) in [4.78, 5) is 20.5. The highest BCUT2D eigenvalue weighted by Gasteiger charge is 2.17. The first kappa shape index (κ1) is 26.0. The minimum atomic E-state index is -0.205. The summed E-state index contributed by atoms with van der Waals surface area (Å²) in [5.74, 6) is 1.04. The van der Waals surface area contributed by atoms with Gasteiger partial charge in [0.05, 0.1) is 12.8 Å². The molecule has 0 saturated carbocycles. The number of carbonyl (C=O) groups is 1. The second-order valence-corrected chi connectivity index (χ2v) is 9.39. The van der Waals surface area contributed by atoms with Crippen LogP contribution in [-0.2, 0) is 0 Å². The first-order valence-electron chi connectivity index (χ1n) is 11.5. The Morgan fingerprint density at radius 2 is 1.76 bits per heavy atom. The van der Waals surface area contributed by atoms with Crippen LogP contribution in [0.25, 0.3) is 10.6 Å².